The molecule has 100 valence electrons. The SMILES string of the molecule is CC(CNC1CC1)COc1ccc(C(C)C)cc1. The molecule has 0 aromatic heterocycles. The van der Waals surface area contributed by atoms with E-state index in [1.165, 1.54) is 18.4 Å². The summed E-state index contributed by atoms with van der Waals surface area (Å²) in [6.07, 6.45) is 2.70. The fraction of sp³-hybridized carbons (Fsp3) is 0.625. The van der Waals surface area contributed by atoms with Crippen LogP contribution in [0.15, 0.2) is 24.3 Å². The van der Waals surface area contributed by atoms with Gasteiger partial charge in [-0.2, -0.15) is 0 Å². The molecule has 1 aromatic rings. The monoisotopic (exact) mass is 247 g/mol. The Bertz CT molecular complexity index is 354. The minimum atomic E-state index is 0.565. The first-order chi connectivity index (χ1) is 8.65. The number of nitrogens with one attached hydrogen (secondary N) is 1. The molecule has 0 saturated heterocycles. The van der Waals surface area contributed by atoms with Crippen molar-refractivity contribution in [3.8, 4) is 5.75 Å². The van der Waals surface area contributed by atoms with Crippen molar-refractivity contribution in [1.82, 2.24) is 5.32 Å². The number of benzene rings is 1. The average molecular weight is 247 g/mol. The molecule has 1 N–H and O–H groups in total. The maximum Gasteiger partial charge on any atom is 0.119 e. The highest BCUT2D eigenvalue weighted by atomic mass is 16.5. The lowest BCUT2D eigenvalue weighted by Gasteiger charge is -2.14. The van der Waals surface area contributed by atoms with Crippen LogP contribution in [0.1, 0.15) is 45.1 Å². The number of hydrogen-bond donors (Lipinski definition) is 1. The second kappa shape index (κ2) is 6.24. The van der Waals surface area contributed by atoms with Crippen molar-refractivity contribution in [2.75, 3.05) is 13.2 Å². The van der Waals surface area contributed by atoms with Crippen molar-refractivity contribution in [1.29, 1.82) is 0 Å². The van der Waals surface area contributed by atoms with Gasteiger partial charge in [-0.25, -0.2) is 0 Å². The summed E-state index contributed by atoms with van der Waals surface area (Å²) < 4.78 is 5.82. The zero-order valence-electron chi connectivity index (χ0n) is 11.8. The third-order valence-corrected chi connectivity index (χ3v) is 3.41. The van der Waals surface area contributed by atoms with Gasteiger partial charge in [0.25, 0.3) is 0 Å². The molecule has 18 heavy (non-hydrogen) atoms. The van der Waals surface area contributed by atoms with Gasteiger partial charge in [0.1, 0.15) is 5.75 Å². The summed E-state index contributed by atoms with van der Waals surface area (Å²) in [6, 6.07) is 9.27. The van der Waals surface area contributed by atoms with Gasteiger partial charge in [0.05, 0.1) is 6.61 Å². The molecule has 0 amide bonds. The average Bonchev–Trinajstić information content (AvgIpc) is 3.18. The van der Waals surface area contributed by atoms with Crippen LogP contribution in [0.3, 0.4) is 0 Å². The Labute approximate surface area is 111 Å². The molecule has 1 unspecified atom stereocenters. The highest BCUT2D eigenvalue weighted by Gasteiger charge is 2.20. The molecule has 1 aliphatic carbocycles. The Balaban J connectivity index is 1.71. The van der Waals surface area contributed by atoms with E-state index in [0.29, 0.717) is 11.8 Å². The van der Waals surface area contributed by atoms with Crippen LogP contribution in [0.4, 0.5) is 0 Å². The van der Waals surface area contributed by atoms with Crippen LogP contribution >= 0.6 is 0 Å². The molecule has 1 aromatic carbocycles. The van der Waals surface area contributed by atoms with Crippen molar-refractivity contribution in [2.24, 2.45) is 5.92 Å². The molecule has 0 aliphatic heterocycles. The number of rotatable bonds is 7. The van der Waals surface area contributed by atoms with E-state index in [0.717, 1.165) is 24.9 Å². The van der Waals surface area contributed by atoms with Gasteiger partial charge in [-0.1, -0.05) is 32.9 Å². The third kappa shape index (κ3) is 4.34. The zero-order chi connectivity index (χ0) is 13.0. The highest BCUT2D eigenvalue weighted by Crippen LogP contribution is 2.20. The molecule has 1 atom stereocenters. The lowest BCUT2D eigenvalue weighted by Crippen LogP contribution is -2.26. The largest absolute Gasteiger partial charge is 0.493 e. The predicted molar refractivity (Wildman–Crippen MR) is 76.2 cm³/mol. The smallest absolute Gasteiger partial charge is 0.119 e. The molecule has 0 spiro atoms. The highest BCUT2D eigenvalue weighted by molar-refractivity contribution is 5.28. The maximum absolute atomic E-state index is 5.82. The van der Waals surface area contributed by atoms with Gasteiger partial charge in [-0.05, 0) is 36.5 Å². The van der Waals surface area contributed by atoms with E-state index in [9.17, 15) is 0 Å². The molecule has 1 fully saturated rings. The van der Waals surface area contributed by atoms with Gasteiger partial charge >= 0.3 is 0 Å². The van der Waals surface area contributed by atoms with E-state index in [1.54, 1.807) is 0 Å². The summed E-state index contributed by atoms with van der Waals surface area (Å²) >= 11 is 0. The lowest BCUT2D eigenvalue weighted by atomic mass is 10.0. The number of ether oxygens (including phenoxy) is 1. The fourth-order valence-corrected chi connectivity index (χ4v) is 1.90. The summed E-state index contributed by atoms with van der Waals surface area (Å²) in [4.78, 5) is 0. The van der Waals surface area contributed by atoms with Crippen molar-refractivity contribution in [3.63, 3.8) is 0 Å². The van der Waals surface area contributed by atoms with Gasteiger partial charge in [0, 0.05) is 18.5 Å². The van der Waals surface area contributed by atoms with E-state index in [-0.39, 0.29) is 0 Å². The Hall–Kier alpha value is -1.02. The van der Waals surface area contributed by atoms with Crippen LogP contribution in [-0.2, 0) is 0 Å². The summed E-state index contributed by atoms with van der Waals surface area (Å²) in [5, 5.41) is 3.54. The van der Waals surface area contributed by atoms with E-state index < -0.39 is 0 Å². The van der Waals surface area contributed by atoms with E-state index in [1.807, 2.05) is 0 Å². The van der Waals surface area contributed by atoms with E-state index in [4.69, 9.17) is 4.74 Å². The standard InChI is InChI=1S/C16H25NO/c1-12(2)14-4-8-16(9-5-14)18-11-13(3)10-17-15-6-7-15/h4-5,8-9,12-13,15,17H,6-7,10-11H2,1-3H3. The Morgan fingerprint density at radius 3 is 2.39 bits per heavy atom. The topological polar surface area (TPSA) is 21.3 Å². The molecule has 2 nitrogen and oxygen atoms in total. The second-order valence-electron chi connectivity index (χ2n) is 5.82. The summed E-state index contributed by atoms with van der Waals surface area (Å²) in [6.45, 7) is 8.51. The lowest BCUT2D eigenvalue weighted by molar-refractivity contribution is 0.255. The van der Waals surface area contributed by atoms with E-state index >= 15 is 0 Å². The van der Waals surface area contributed by atoms with E-state index in [2.05, 4.69) is 50.4 Å². The number of hydrogen-bond acceptors (Lipinski definition) is 2. The molecule has 2 rings (SSSR count). The van der Waals surface area contributed by atoms with Gasteiger partial charge < -0.3 is 10.1 Å². The second-order valence-corrected chi connectivity index (χ2v) is 5.82. The molecule has 0 heterocycles. The molecule has 1 aliphatic rings. The van der Waals surface area contributed by atoms with Gasteiger partial charge in [0.15, 0.2) is 0 Å². The first-order valence-electron chi connectivity index (χ1n) is 7.11. The predicted octanol–water partition coefficient (Wildman–Crippen LogP) is 3.58. The summed E-state index contributed by atoms with van der Waals surface area (Å²) in [5.41, 5.74) is 1.37. The third-order valence-electron chi connectivity index (χ3n) is 3.41. The first-order valence-corrected chi connectivity index (χ1v) is 7.11. The molecule has 0 radical (unpaired) electrons. The van der Waals surface area contributed by atoms with Crippen molar-refractivity contribution in [2.45, 2.75) is 45.6 Å². The van der Waals surface area contributed by atoms with Crippen LogP contribution in [0.5, 0.6) is 5.75 Å². The first kappa shape index (κ1) is 13.4. The minimum absolute atomic E-state index is 0.565. The van der Waals surface area contributed by atoms with Crippen molar-refractivity contribution >= 4 is 0 Å². The Morgan fingerprint density at radius 2 is 1.83 bits per heavy atom. The zero-order valence-corrected chi connectivity index (χ0v) is 11.8. The minimum Gasteiger partial charge on any atom is -0.493 e. The van der Waals surface area contributed by atoms with Crippen LogP contribution in [0.25, 0.3) is 0 Å². The molecule has 2 heteroatoms. The summed E-state index contributed by atoms with van der Waals surface area (Å²) in [7, 11) is 0. The van der Waals surface area contributed by atoms with Crippen LogP contribution < -0.4 is 10.1 Å². The van der Waals surface area contributed by atoms with Crippen molar-refractivity contribution in [3.05, 3.63) is 29.8 Å². The quantitative estimate of drug-likeness (QED) is 0.795. The fourth-order valence-electron chi connectivity index (χ4n) is 1.90. The maximum atomic E-state index is 5.82. The molecule has 0 bridgehead atoms. The normalized spacial score (nSPS) is 16.9. The van der Waals surface area contributed by atoms with Crippen molar-refractivity contribution < 1.29 is 4.74 Å². The van der Waals surface area contributed by atoms with Gasteiger partial charge in [-0.15, -0.1) is 0 Å². The Kier molecular flexibility index (Phi) is 4.65. The van der Waals surface area contributed by atoms with Crippen LogP contribution in [0, 0.1) is 5.92 Å². The molecular weight excluding hydrogens is 222 g/mol. The van der Waals surface area contributed by atoms with Gasteiger partial charge in [0.2, 0.25) is 0 Å². The Morgan fingerprint density at radius 1 is 1.17 bits per heavy atom. The van der Waals surface area contributed by atoms with Crippen LogP contribution in [0.2, 0.25) is 0 Å². The molecule has 1 saturated carbocycles. The molecular formula is C16H25NO. The summed E-state index contributed by atoms with van der Waals surface area (Å²) in [5.74, 6) is 2.13. The van der Waals surface area contributed by atoms with Crippen LogP contribution in [-0.4, -0.2) is 19.2 Å². The van der Waals surface area contributed by atoms with Gasteiger partial charge in [-0.3, -0.25) is 0 Å².